The van der Waals surface area contributed by atoms with E-state index in [1.807, 2.05) is 6.07 Å². The number of rotatable bonds is 8. The molecule has 4 rings (SSSR count). The van der Waals surface area contributed by atoms with Crippen LogP contribution in [0.3, 0.4) is 0 Å². The van der Waals surface area contributed by atoms with E-state index in [1.165, 1.54) is 0 Å². The lowest BCUT2D eigenvalue weighted by atomic mass is 9.81. The highest BCUT2D eigenvalue weighted by atomic mass is 16.7. The van der Waals surface area contributed by atoms with E-state index in [9.17, 15) is 24.9 Å². The molecule has 10 heteroatoms. The predicted molar refractivity (Wildman–Crippen MR) is 122 cm³/mol. The highest BCUT2D eigenvalue weighted by Gasteiger charge is 2.75. The van der Waals surface area contributed by atoms with E-state index in [0.717, 1.165) is 16.8 Å². The Kier molecular flexibility index (Phi) is 6.54. The standard InChI is InChI=1S/C24H27N3O7/c25-16-22(31)19(14-28)34-23(13-17-7-3-1-4-8-17,27-12-11-20(29)26-21(27)30)24(22,32)33-15-18-9-5-2-6-10-18/h1-12,19,28,31-32H,13-16,25H2,(H,26,29,30)/t19-,22-,23-,24+/m1/s1. The van der Waals surface area contributed by atoms with Crippen LogP contribution in [0.15, 0.2) is 82.5 Å². The number of benzene rings is 2. The van der Waals surface area contributed by atoms with Crippen LogP contribution in [0.4, 0.5) is 0 Å². The molecule has 180 valence electrons. The molecule has 3 aromatic rings. The zero-order valence-electron chi connectivity index (χ0n) is 18.3. The van der Waals surface area contributed by atoms with Crippen molar-refractivity contribution in [3.63, 3.8) is 0 Å². The lowest BCUT2D eigenvalue weighted by molar-refractivity contribution is -0.348. The SMILES string of the molecule is NC[C@@]1(O)[C@@H](CO)O[C@@](Cc2ccccc2)(n2ccc(=O)[nH]c2=O)[C@@]1(O)OCc1ccccc1. The Morgan fingerprint density at radius 2 is 1.62 bits per heavy atom. The summed E-state index contributed by atoms with van der Waals surface area (Å²) in [5.41, 5.74) is 1.22. The van der Waals surface area contributed by atoms with Gasteiger partial charge < -0.3 is 30.5 Å². The Balaban J connectivity index is 1.95. The molecule has 1 aliphatic heterocycles. The molecule has 0 bridgehead atoms. The van der Waals surface area contributed by atoms with E-state index in [1.54, 1.807) is 54.6 Å². The van der Waals surface area contributed by atoms with E-state index in [0.29, 0.717) is 11.1 Å². The molecule has 0 radical (unpaired) electrons. The van der Waals surface area contributed by atoms with E-state index in [-0.39, 0.29) is 13.0 Å². The predicted octanol–water partition coefficient (Wildman–Crippen LogP) is -0.582. The zero-order valence-corrected chi connectivity index (χ0v) is 18.3. The lowest BCUT2D eigenvalue weighted by Crippen LogP contribution is -2.70. The number of nitrogens with zero attached hydrogens (tertiary/aromatic N) is 1. The molecule has 0 aliphatic carbocycles. The van der Waals surface area contributed by atoms with Crippen LogP contribution in [-0.2, 0) is 28.2 Å². The molecule has 34 heavy (non-hydrogen) atoms. The largest absolute Gasteiger partial charge is 0.394 e. The van der Waals surface area contributed by atoms with Crippen LogP contribution in [0.2, 0.25) is 0 Å². The van der Waals surface area contributed by atoms with Gasteiger partial charge in [-0.15, -0.1) is 0 Å². The molecule has 0 spiro atoms. The molecule has 2 aromatic carbocycles. The van der Waals surface area contributed by atoms with E-state index in [2.05, 4.69) is 4.98 Å². The number of H-pyrrole nitrogens is 1. The summed E-state index contributed by atoms with van der Waals surface area (Å²) in [4.78, 5) is 26.9. The van der Waals surface area contributed by atoms with Gasteiger partial charge >= 0.3 is 5.69 Å². The number of aromatic amines is 1. The van der Waals surface area contributed by atoms with Gasteiger partial charge in [0, 0.05) is 25.2 Å². The topological polar surface area (TPSA) is 160 Å². The minimum Gasteiger partial charge on any atom is -0.394 e. The summed E-state index contributed by atoms with van der Waals surface area (Å²) in [5, 5.41) is 33.8. The van der Waals surface area contributed by atoms with Gasteiger partial charge in [0.25, 0.3) is 5.56 Å². The van der Waals surface area contributed by atoms with Crippen LogP contribution < -0.4 is 17.0 Å². The second kappa shape index (κ2) is 9.26. The highest BCUT2D eigenvalue weighted by Crippen LogP contribution is 2.51. The van der Waals surface area contributed by atoms with Gasteiger partial charge in [-0.05, 0) is 11.1 Å². The molecular formula is C24H27N3O7. The number of hydrogen-bond donors (Lipinski definition) is 5. The first kappa shape index (κ1) is 24.0. The molecule has 6 N–H and O–H groups in total. The van der Waals surface area contributed by atoms with Crippen molar-refractivity contribution in [3.05, 3.63) is 105 Å². The van der Waals surface area contributed by atoms with E-state index in [4.69, 9.17) is 15.2 Å². The van der Waals surface area contributed by atoms with Crippen LogP contribution in [0.25, 0.3) is 0 Å². The smallest absolute Gasteiger partial charge is 0.330 e. The van der Waals surface area contributed by atoms with Crippen LogP contribution >= 0.6 is 0 Å². The van der Waals surface area contributed by atoms with Crippen LogP contribution in [0.5, 0.6) is 0 Å². The van der Waals surface area contributed by atoms with Crippen molar-refractivity contribution in [1.82, 2.24) is 9.55 Å². The van der Waals surface area contributed by atoms with Gasteiger partial charge in [0.2, 0.25) is 11.5 Å². The Bertz CT molecular complexity index is 1230. The van der Waals surface area contributed by atoms with Gasteiger partial charge in [-0.3, -0.25) is 14.3 Å². The number of nitrogens with two attached hydrogens (primary N) is 1. The van der Waals surface area contributed by atoms with Crippen LogP contribution in [-0.4, -0.2) is 55.5 Å². The quantitative estimate of drug-likeness (QED) is 0.274. The van der Waals surface area contributed by atoms with Gasteiger partial charge in [0.15, 0.2) is 5.60 Å². The van der Waals surface area contributed by atoms with Gasteiger partial charge in [0.05, 0.1) is 13.2 Å². The van der Waals surface area contributed by atoms with Crippen molar-refractivity contribution in [2.75, 3.05) is 13.2 Å². The minimum absolute atomic E-state index is 0.163. The second-order valence-corrected chi connectivity index (χ2v) is 8.26. The summed E-state index contributed by atoms with van der Waals surface area (Å²) >= 11 is 0. The van der Waals surface area contributed by atoms with Gasteiger partial charge in [-0.1, -0.05) is 60.7 Å². The van der Waals surface area contributed by atoms with Gasteiger partial charge in [0.1, 0.15) is 6.10 Å². The van der Waals surface area contributed by atoms with Gasteiger partial charge in [-0.25, -0.2) is 4.79 Å². The summed E-state index contributed by atoms with van der Waals surface area (Å²) < 4.78 is 13.0. The molecule has 0 unspecified atom stereocenters. The summed E-state index contributed by atoms with van der Waals surface area (Å²) in [6.07, 6.45) is -0.428. The Labute approximate surface area is 194 Å². The van der Waals surface area contributed by atoms with Crippen molar-refractivity contribution in [1.29, 1.82) is 0 Å². The average Bonchev–Trinajstić information content (AvgIpc) is 3.03. The molecule has 1 aliphatic rings. The molecule has 1 fully saturated rings. The molecule has 1 aromatic heterocycles. The fourth-order valence-corrected chi connectivity index (χ4v) is 4.47. The molecule has 10 nitrogen and oxygen atoms in total. The number of aromatic nitrogens is 2. The molecule has 2 heterocycles. The van der Waals surface area contributed by atoms with Crippen LogP contribution in [0, 0.1) is 0 Å². The first-order chi connectivity index (χ1) is 16.3. The maximum atomic E-state index is 13.0. The zero-order chi connectivity index (χ0) is 24.4. The third-order valence-electron chi connectivity index (χ3n) is 6.25. The fourth-order valence-electron chi connectivity index (χ4n) is 4.47. The maximum absolute atomic E-state index is 13.0. The third-order valence-corrected chi connectivity index (χ3v) is 6.25. The van der Waals surface area contributed by atoms with Crippen LogP contribution in [0.1, 0.15) is 11.1 Å². The number of aliphatic hydroxyl groups excluding tert-OH is 1. The lowest BCUT2D eigenvalue weighted by Gasteiger charge is -2.45. The molecule has 1 saturated heterocycles. The first-order valence-electron chi connectivity index (χ1n) is 10.8. The fraction of sp³-hybridized carbons (Fsp3) is 0.333. The van der Waals surface area contributed by atoms with Crippen molar-refractivity contribution in [2.45, 2.75) is 36.2 Å². The average molecular weight is 469 g/mol. The monoisotopic (exact) mass is 469 g/mol. The Morgan fingerprint density at radius 3 is 2.18 bits per heavy atom. The molecule has 0 saturated carbocycles. The molecular weight excluding hydrogens is 442 g/mol. The Hall–Kier alpha value is -3.12. The molecule has 4 atom stereocenters. The summed E-state index contributed by atoms with van der Waals surface area (Å²) in [6.45, 7) is -1.45. The van der Waals surface area contributed by atoms with E-state index < -0.39 is 47.6 Å². The van der Waals surface area contributed by atoms with Gasteiger partial charge in [-0.2, -0.15) is 0 Å². The normalized spacial score (nSPS) is 28.8. The maximum Gasteiger partial charge on any atom is 0.330 e. The first-order valence-corrected chi connectivity index (χ1v) is 10.8. The van der Waals surface area contributed by atoms with Crippen molar-refractivity contribution in [2.24, 2.45) is 5.73 Å². The third kappa shape index (κ3) is 3.80. The second-order valence-electron chi connectivity index (χ2n) is 8.26. The number of ether oxygens (including phenoxy) is 2. The minimum atomic E-state index is -2.63. The molecule has 0 amide bonds. The summed E-state index contributed by atoms with van der Waals surface area (Å²) in [6, 6.07) is 18.8. The Morgan fingerprint density at radius 1 is 1.00 bits per heavy atom. The van der Waals surface area contributed by atoms with Crippen molar-refractivity contribution >= 4 is 0 Å². The highest BCUT2D eigenvalue weighted by molar-refractivity contribution is 5.24. The van der Waals surface area contributed by atoms with Crippen molar-refractivity contribution in [3.8, 4) is 0 Å². The number of nitrogens with one attached hydrogen (secondary N) is 1. The van der Waals surface area contributed by atoms with Crippen molar-refractivity contribution < 1.29 is 24.8 Å². The summed E-state index contributed by atoms with van der Waals surface area (Å²) in [7, 11) is 0. The van der Waals surface area contributed by atoms with E-state index >= 15 is 0 Å². The number of aliphatic hydroxyl groups is 3. The number of hydrogen-bond acceptors (Lipinski definition) is 8. The summed E-state index contributed by atoms with van der Waals surface area (Å²) in [5.74, 6) is -2.63.